The average molecular weight is 808 g/mol. The van der Waals surface area contributed by atoms with Gasteiger partial charge in [0.15, 0.2) is 0 Å². The molecule has 0 unspecified atom stereocenters. The molecule has 0 aromatic heterocycles. The molecular weight excluding hydrogens is 754 g/mol. The van der Waals surface area contributed by atoms with Gasteiger partial charge in [-0.2, -0.15) is 0 Å². The van der Waals surface area contributed by atoms with E-state index >= 15 is 0 Å². The number of halogens is 2. The smallest absolute Gasteiger partial charge is 0.147 e. The van der Waals surface area contributed by atoms with Gasteiger partial charge in [-0.3, -0.25) is 0 Å². The Morgan fingerprint density at radius 1 is 0.711 bits per heavy atom. The van der Waals surface area contributed by atoms with E-state index in [1.54, 1.807) is 16.7 Å². The SMILES string of the molecule is CC(C)c1ccc(/[C](C2CCCCC2)=[Hf](/[C]2=CC=CC2)[CH]2c3cc(C(C)(C)C)ccc3-c3ccc(C(C)(C)C)cc32)cc1.Cl.Cl. The summed E-state index contributed by atoms with van der Waals surface area (Å²) in [6, 6.07) is 25.0. The Kier molecular flexibility index (Phi) is 11.5. The summed E-state index contributed by atoms with van der Waals surface area (Å²) < 4.78 is 4.26. The molecule has 0 N–H and O–H groups in total. The Hall–Kier alpha value is -1.54. The van der Waals surface area contributed by atoms with Crippen LogP contribution >= 0.6 is 24.8 Å². The minimum Gasteiger partial charge on any atom is -0.147 e. The molecule has 1 saturated carbocycles. The van der Waals surface area contributed by atoms with Crippen molar-refractivity contribution in [3.63, 3.8) is 0 Å². The van der Waals surface area contributed by atoms with E-state index in [2.05, 4.69) is 134 Å². The first-order chi connectivity index (χ1) is 20.4. The van der Waals surface area contributed by atoms with Crippen LogP contribution in [0.4, 0.5) is 0 Å². The standard InChI is InChI=1S/C21H25.C16H22.C5H5.2ClH.Hf/c1-20(2,3)16-7-9-18-14(12-16)11-15-13-17(21(4,5)6)8-10-19(15)18;1-13(2)16-10-8-15(9-11-16)12-14-6-4-3-5-7-14;1-2-4-5-3-1;;;/h7-13H,1-6H3;8-11,13-14H,3-7H2,1-2H3;1-3H,4H2;2*1H;. The Morgan fingerprint density at radius 2 is 1.24 bits per heavy atom. The zero-order valence-electron chi connectivity index (χ0n) is 28.8. The fourth-order valence-corrected chi connectivity index (χ4v) is 21.9. The van der Waals surface area contributed by atoms with Crippen LogP contribution in [0.25, 0.3) is 11.1 Å². The van der Waals surface area contributed by atoms with E-state index in [4.69, 9.17) is 0 Å². The van der Waals surface area contributed by atoms with Gasteiger partial charge in [-0.15, -0.1) is 24.8 Å². The predicted octanol–water partition coefficient (Wildman–Crippen LogP) is 12.6. The van der Waals surface area contributed by atoms with Gasteiger partial charge in [-0.1, -0.05) is 0 Å². The van der Waals surface area contributed by atoms with Crippen LogP contribution < -0.4 is 0 Å². The van der Waals surface area contributed by atoms with Crippen LogP contribution in [0.15, 0.2) is 82.2 Å². The van der Waals surface area contributed by atoms with Gasteiger partial charge < -0.3 is 0 Å². The van der Waals surface area contributed by atoms with E-state index in [-0.39, 0.29) is 35.6 Å². The molecule has 3 aromatic carbocycles. The molecule has 1 fully saturated rings. The molecule has 45 heavy (non-hydrogen) atoms. The van der Waals surface area contributed by atoms with Crippen molar-refractivity contribution >= 4 is 28.1 Å². The van der Waals surface area contributed by atoms with Gasteiger partial charge in [0.25, 0.3) is 0 Å². The summed E-state index contributed by atoms with van der Waals surface area (Å²) >= 11 is -2.80. The summed E-state index contributed by atoms with van der Waals surface area (Å²) in [7, 11) is 0. The zero-order chi connectivity index (χ0) is 30.5. The van der Waals surface area contributed by atoms with Crippen LogP contribution in [-0.2, 0) is 31.8 Å². The van der Waals surface area contributed by atoms with E-state index in [1.807, 2.05) is 6.58 Å². The van der Waals surface area contributed by atoms with E-state index in [0.29, 0.717) is 9.59 Å². The third-order valence-electron chi connectivity index (χ3n) is 10.3. The van der Waals surface area contributed by atoms with Crippen molar-refractivity contribution in [2.75, 3.05) is 0 Å². The normalized spacial score (nSPS) is 17.3. The molecule has 240 valence electrons. The summed E-state index contributed by atoms with van der Waals surface area (Å²) in [4.78, 5) is 0. The minimum atomic E-state index is -2.80. The maximum atomic E-state index is 2.64. The first-order valence-corrected chi connectivity index (χ1v) is 22.6. The van der Waals surface area contributed by atoms with Crippen molar-refractivity contribution < 1.29 is 21.0 Å². The van der Waals surface area contributed by atoms with Gasteiger partial charge in [0.2, 0.25) is 0 Å². The van der Waals surface area contributed by atoms with Crippen LogP contribution in [0.3, 0.4) is 0 Å². The predicted molar refractivity (Wildman–Crippen MR) is 199 cm³/mol. The van der Waals surface area contributed by atoms with E-state index in [1.165, 1.54) is 59.9 Å². The molecule has 0 heterocycles. The quantitative estimate of drug-likeness (QED) is 0.225. The maximum absolute atomic E-state index is 2.80. The minimum absolute atomic E-state index is 0. The number of benzene rings is 3. The van der Waals surface area contributed by atoms with Crippen LogP contribution in [0.1, 0.15) is 137 Å². The fraction of sp³-hybridized carbons (Fsp3) is 0.452. The summed E-state index contributed by atoms with van der Waals surface area (Å²) in [5.41, 5.74) is 12.5. The van der Waals surface area contributed by atoms with Crippen LogP contribution in [-0.4, -0.2) is 3.26 Å². The van der Waals surface area contributed by atoms with E-state index < -0.39 is 21.0 Å². The molecule has 0 bridgehead atoms. The first kappa shape index (κ1) is 36.3. The largest absolute Gasteiger partial charge is 0.147 e. The number of fused-ring (bicyclic) bond motifs is 3. The first-order valence-electron chi connectivity index (χ1n) is 16.9. The molecule has 0 nitrogen and oxygen atoms in total. The second-order valence-corrected chi connectivity index (χ2v) is 25.1. The van der Waals surface area contributed by atoms with Gasteiger partial charge in [-0.25, -0.2) is 0 Å². The van der Waals surface area contributed by atoms with Crippen LogP contribution in [0.2, 0.25) is 0 Å². The molecule has 0 spiro atoms. The Labute approximate surface area is 294 Å². The Bertz CT molecular complexity index is 1540. The molecule has 3 aliphatic carbocycles. The molecule has 0 amide bonds. The van der Waals surface area contributed by atoms with Crippen molar-refractivity contribution in [2.24, 2.45) is 5.92 Å². The average Bonchev–Trinajstić information content (AvgIpc) is 3.62. The number of allylic oxidation sites excluding steroid dienone is 4. The fourth-order valence-electron chi connectivity index (χ4n) is 7.72. The summed E-state index contributed by atoms with van der Waals surface area (Å²) in [5, 5.41) is 0. The van der Waals surface area contributed by atoms with Crippen molar-refractivity contribution in [3.8, 4) is 11.1 Å². The molecule has 0 saturated heterocycles. The topological polar surface area (TPSA) is 0 Å². The second-order valence-electron chi connectivity index (χ2n) is 15.8. The zero-order valence-corrected chi connectivity index (χ0v) is 34.0. The van der Waals surface area contributed by atoms with Gasteiger partial charge in [0, 0.05) is 0 Å². The van der Waals surface area contributed by atoms with Gasteiger partial charge in [0.05, 0.1) is 0 Å². The molecule has 0 radical (unpaired) electrons. The van der Waals surface area contributed by atoms with E-state index in [9.17, 15) is 0 Å². The van der Waals surface area contributed by atoms with Crippen molar-refractivity contribution in [1.82, 2.24) is 0 Å². The van der Waals surface area contributed by atoms with Crippen molar-refractivity contribution in [1.29, 1.82) is 0 Å². The third kappa shape index (κ3) is 7.32. The van der Waals surface area contributed by atoms with Gasteiger partial charge in [0.1, 0.15) is 0 Å². The maximum Gasteiger partial charge on any atom is -0.147 e. The summed E-state index contributed by atoms with van der Waals surface area (Å²) in [6.07, 6.45) is 15.4. The molecular formula is C42H54Cl2Hf. The Balaban J connectivity index is 0.00000230. The van der Waals surface area contributed by atoms with Gasteiger partial charge in [-0.05, 0) is 0 Å². The Morgan fingerprint density at radius 3 is 1.69 bits per heavy atom. The monoisotopic (exact) mass is 808 g/mol. The van der Waals surface area contributed by atoms with Crippen LogP contribution in [0, 0.1) is 5.92 Å². The molecule has 3 aromatic rings. The van der Waals surface area contributed by atoms with E-state index in [0.717, 1.165) is 12.3 Å². The summed E-state index contributed by atoms with van der Waals surface area (Å²) in [6.45, 7) is 18.9. The molecule has 3 heteroatoms. The molecule has 0 atom stereocenters. The molecule has 0 aliphatic heterocycles. The third-order valence-corrected chi connectivity index (χ3v) is 23.1. The number of hydrogen-bond acceptors (Lipinski definition) is 0. The number of hydrogen-bond donors (Lipinski definition) is 0. The second kappa shape index (κ2) is 14.3. The van der Waals surface area contributed by atoms with Crippen molar-refractivity contribution in [2.45, 2.75) is 114 Å². The molecule has 6 rings (SSSR count). The van der Waals surface area contributed by atoms with Crippen LogP contribution in [0.5, 0.6) is 0 Å². The number of rotatable bonds is 5. The molecule has 3 aliphatic rings. The summed E-state index contributed by atoms with van der Waals surface area (Å²) in [5.74, 6) is 1.29. The van der Waals surface area contributed by atoms with Gasteiger partial charge >= 0.3 is 271 Å². The van der Waals surface area contributed by atoms with Crippen molar-refractivity contribution in [3.05, 3.63) is 116 Å².